The molecular formula is C21H23F3N2O. The van der Waals surface area contributed by atoms with Crippen molar-refractivity contribution in [2.24, 2.45) is 0 Å². The number of alkyl halides is 3. The quantitative estimate of drug-likeness (QED) is 0.851. The van der Waals surface area contributed by atoms with Gasteiger partial charge in [0.25, 0.3) is 5.91 Å². The molecule has 27 heavy (non-hydrogen) atoms. The van der Waals surface area contributed by atoms with Gasteiger partial charge in [-0.2, -0.15) is 13.2 Å². The fourth-order valence-corrected chi connectivity index (χ4v) is 3.50. The Hall–Kier alpha value is -2.34. The molecule has 1 unspecified atom stereocenters. The van der Waals surface area contributed by atoms with E-state index in [1.165, 1.54) is 23.8 Å². The number of amides is 1. The molecule has 1 saturated heterocycles. The van der Waals surface area contributed by atoms with E-state index in [1.807, 2.05) is 18.2 Å². The average Bonchev–Trinajstić information content (AvgIpc) is 2.67. The summed E-state index contributed by atoms with van der Waals surface area (Å²) in [4.78, 5) is 14.7. The number of benzene rings is 2. The fraction of sp³-hybridized carbons (Fsp3) is 0.381. The zero-order valence-corrected chi connectivity index (χ0v) is 15.0. The second kappa shape index (κ2) is 8.57. The van der Waals surface area contributed by atoms with Gasteiger partial charge >= 0.3 is 6.18 Å². The zero-order chi connectivity index (χ0) is 19.3. The van der Waals surface area contributed by atoms with Crippen molar-refractivity contribution < 1.29 is 18.0 Å². The molecule has 0 saturated carbocycles. The second-order valence-corrected chi connectivity index (χ2v) is 6.89. The van der Waals surface area contributed by atoms with Crippen molar-refractivity contribution in [3.05, 3.63) is 71.3 Å². The standard InChI is InChI=1S/C21H23F3N2O/c22-21(23,24)19-11-5-4-10-18(19)20(27)25-17-9-6-13-26(15-17)14-12-16-7-2-1-3-8-16/h1-5,7-8,10-11,17H,6,9,12-15H2,(H,25,27). The van der Waals surface area contributed by atoms with Gasteiger partial charge in [-0.15, -0.1) is 0 Å². The highest BCUT2D eigenvalue weighted by molar-refractivity contribution is 5.96. The number of hydrogen-bond donors (Lipinski definition) is 1. The molecule has 0 aromatic heterocycles. The Bertz CT molecular complexity index is 762. The lowest BCUT2D eigenvalue weighted by Gasteiger charge is -2.33. The third-order valence-corrected chi connectivity index (χ3v) is 4.88. The normalized spacial score (nSPS) is 18.3. The molecule has 1 fully saturated rings. The summed E-state index contributed by atoms with van der Waals surface area (Å²) in [5.74, 6) is -0.655. The summed E-state index contributed by atoms with van der Waals surface area (Å²) in [6.45, 7) is 2.47. The van der Waals surface area contributed by atoms with Crippen LogP contribution in [0, 0.1) is 0 Å². The Kier molecular flexibility index (Phi) is 6.16. The van der Waals surface area contributed by atoms with Crippen LogP contribution in [0.15, 0.2) is 54.6 Å². The minimum absolute atomic E-state index is 0.136. The van der Waals surface area contributed by atoms with E-state index < -0.39 is 17.6 Å². The number of rotatable bonds is 5. The van der Waals surface area contributed by atoms with Gasteiger partial charge in [0.2, 0.25) is 0 Å². The van der Waals surface area contributed by atoms with Crippen LogP contribution in [0.5, 0.6) is 0 Å². The zero-order valence-electron chi connectivity index (χ0n) is 15.0. The van der Waals surface area contributed by atoms with Crippen molar-refractivity contribution in [2.45, 2.75) is 31.5 Å². The summed E-state index contributed by atoms with van der Waals surface area (Å²) >= 11 is 0. The van der Waals surface area contributed by atoms with Gasteiger partial charge in [-0.05, 0) is 43.5 Å². The molecule has 1 atom stereocenters. The lowest BCUT2D eigenvalue weighted by atomic mass is 10.0. The number of piperidine rings is 1. The average molecular weight is 376 g/mol. The van der Waals surface area contributed by atoms with E-state index in [0.717, 1.165) is 38.4 Å². The molecule has 1 aliphatic heterocycles. The van der Waals surface area contributed by atoms with Crippen molar-refractivity contribution in [3.8, 4) is 0 Å². The van der Waals surface area contributed by atoms with Gasteiger partial charge in [0.15, 0.2) is 0 Å². The molecule has 1 heterocycles. The third kappa shape index (κ3) is 5.32. The van der Waals surface area contributed by atoms with E-state index in [4.69, 9.17) is 0 Å². The lowest BCUT2D eigenvalue weighted by molar-refractivity contribution is -0.137. The molecule has 0 radical (unpaired) electrons. The Morgan fingerprint density at radius 1 is 1.07 bits per heavy atom. The minimum atomic E-state index is -4.54. The maximum Gasteiger partial charge on any atom is 0.417 e. The van der Waals surface area contributed by atoms with Gasteiger partial charge in [-0.25, -0.2) is 0 Å². The Morgan fingerprint density at radius 3 is 2.52 bits per heavy atom. The highest BCUT2D eigenvalue weighted by Crippen LogP contribution is 2.31. The van der Waals surface area contributed by atoms with E-state index in [0.29, 0.717) is 6.54 Å². The Balaban J connectivity index is 1.58. The van der Waals surface area contributed by atoms with Crippen LogP contribution < -0.4 is 5.32 Å². The van der Waals surface area contributed by atoms with Crippen LogP contribution in [0.1, 0.15) is 34.3 Å². The Morgan fingerprint density at radius 2 is 1.78 bits per heavy atom. The fourth-order valence-electron chi connectivity index (χ4n) is 3.50. The predicted molar refractivity (Wildman–Crippen MR) is 98.5 cm³/mol. The first-order chi connectivity index (χ1) is 12.9. The summed E-state index contributed by atoms with van der Waals surface area (Å²) in [5.41, 5.74) is 0.0495. The smallest absolute Gasteiger partial charge is 0.348 e. The molecule has 2 aromatic carbocycles. The van der Waals surface area contributed by atoms with E-state index in [9.17, 15) is 18.0 Å². The van der Waals surface area contributed by atoms with Crippen molar-refractivity contribution in [2.75, 3.05) is 19.6 Å². The molecule has 0 spiro atoms. The maximum atomic E-state index is 13.1. The summed E-state index contributed by atoms with van der Waals surface area (Å²) in [6, 6.07) is 14.9. The van der Waals surface area contributed by atoms with Crippen LogP contribution in [0.4, 0.5) is 13.2 Å². The van der Waals surface area contributed by atoms with Gasteiger partial charge < -0.3 is 10.2 Å². The minimum Gasteiger partial charge on any atom is -0.348 e. The summed E-state index contributed by atoms with van der Waals surface area (Å²) in [6.07, 6.45) is -1.93. The first-order valence-corrected chi connectivity index (χ1v) is 9.17. The van der Waals surface area contributed by atoms with Crippen LogP contribution >= 0.6 is 0 Å². The summed E-state index contributed by atoms with van der Waals surface area (Å²) in [5, 5.41) is 2.80. The highest BCUT2D eigenvalue weighted by Gasteiger charge is 2.35. The number of likely N-dealkylation sites (tertiary alicyclic amines) is 1. The molecule has 2 aromatic rings. The first kappa shape index (κ1) is 19.4. The Labute approximate surface area is 157 Å². The van der Waals surface area contributed by atoms with Gasteiger partial charge in [0, 0.05) is 19.1 Å². The van der Waals surface area contributed by atoms with Crippen molar-refractivity contribution in [1.29, 1.82) is 0 Å². The lowest BCUT2D eigenvalue weighted by Crippen LogP contribution is -2.48. The number of carbonyl (C=O) groups is 1. The molecule has 0 bridgehead atoms. The summed E-state index contributed by atoms with van der Waals surface area (Å²) < 4.78 is 39.4. The molecule has 3 rings (SSSR count). The molecule has 0 aliphatic carbocycles. The van der Waals surface area contributed by atoms with E-state index in [2.05, 4.69) is 22.3 Å². The molecule has 1 N–H and O–H groups in total. The van der Waals surface area contributed by atoms with Gasteiger partial charge in [-0.1, -0.05) is 42.5 Å². The van der Waals surface area contributed by atoms with E-state index in [-0.39, 0.29) is 11.6 Å². The van der Waals surface area contributed by atoms with E-state index in [1.54, 1.807) is 0 Å². The first-order valence-electron chi connectivity index (χ1n) is 9.17. The molecule has 3 nitrogen and oxygen atoms in total. The molecule has 1 aliphatic rings. The topological polar surface area (TPSA) is 32.3 Å². The van der Waals surface area contributed by atoms with Crippen molar-refractivity contribution in [1.82, 2.24) is 10.2 Å². The number of halogens is 3. The van der Waals surface area contributed by atoms with E-state index >= 15 is 0 Å². The third-order valence-electron chi connectivity index (χ3n) is 4.88. The highest BCUT2D eigenvalue weighted by atomic mass is 19.4. The monoisotopic (exact) mass is 376 g/mol. The summed E-state index contributed by atoms with van der Waals surface area (Å²) in [7, 11) is 0. The van der Waals surface area contributed by atoms with Gasteiger partial charge in [-0.3, -0.25) is 4.79 Å². The second-order valence-electron chi connectivity index (χ2n) is 6.89. The van der Waals surface area contributed by atoms with Crippen molar-refractivity contribution in [3.63, 3.8) is 0 Å². The largest absolute Gasteiger partial charge is 0.417 e. The SMILES string of the molecule is O=C(NC1CCCN(CCc2ccccc2)C1)c1ccccc1C(F)(F)F. The number of nitrogens with zero attached hydrogens (tertiary/aromatic N) is 1. The number of nitrogens with one attached hydrogen (secondary N) is 1. The molecule has 6 heteroatoms. The van der Waals surface area contributed by atoms with Crippen LogP contribution in [0.25, 0.3) is 0 Å². The molecule has 144 valence electrons. The molecular weight excluding hydrogens is 353 g/mol. The molecule has 1 amide bonds. The van der Waals surface area contributed by atoms with Crippen molar-refractivity contribution >= 4 is 5.91 Å². The van der Waals surface area contributed by atoms with Crippen LogP contribution in [-0.4, -0.2) is 36.5 Å². The number of carbonyl (C=O) groups excluding carboxylic acids is 1. The van der Waals surface area contributed by atoms with Gasteiger partial charge in [0.05, 0.1) is 11.1 Å². The van der Waals surface area contributed by atoms with Crippen LogP contribution in [-0.2, 0) is 12.6 Å². The van der Waals surface area contributed by atoms with Crippen LogP contribution in [0.3, 0.4) is 0 Å². The predicted octanol–water partition coefficient (Wildman–Crippen LogP) is 4.14. The number of hydrogen-bond acceptors (Lipinski definition) is 2. The van der Waals surface area contributed by atoms with Gasteiger partial charge in [0.1, 0.15) is 0 Å². The maximum absolute atomic E-state index is 13.1. The van der Waals surface area contributed by atoms with Crippen LogP contribution in [0.2, 0.25) is 0 Å².